The maximum atomic E-state index is 11.9. The molecule has 17 heavy (non-hydrogen) atoms. The van der Waals surface area contributed by atoms with Crippen LogP contribution in [-0.2, 0) is 0 Å². The zero-order chi connectivity index (χ0) is 12.3. The van der Waals surface area contributed by atoms with Crippen LogP contribution in [0.15, 0.2) is 29.5 Å². The average Bonchev–Trinajstić information content (AvgIpc) is 2.72. The Kier molecular flexibility index (Phi) is 3.13. The van der Waals surface area contributed by atoms with Crippen molar-refractivity contribution in [1.29, 1.82) is 0 Å². The zero-order valence-corrected chi connectivity index (χ0v) is 9.66. The minimum absolute atomic E-state index is 0.123. The number of carbonyl (C=O) groups excluding carboxylic acids is 1. The highest BCUT2D eigenvalue weighted by Crippen LogP contribution is 2.03. The van der Waals surface area contributed by atoms with Crippen LogP contribution in [0, 0.1) is 0 Å². The second-order valence-electron chi connectivity index (χ2n) is 3.61. The number of nitrogens with zero attached hydrogens (tertiary/aromatic N) is 4. The van der Waals surface area contributed by atoms with Gasteiger partial charge in [-0.2, -0.15) is 5.10 Å². The van der Waals surface area contributed by atoms with Crippen molar-refractivity contribution in [2.24, 2.45) is 4.99 Å². The molecule has 2 aromatic rings. The van der Waals surface area contributed by atoms with Crippen LogP contribution < -0.4 is 5.32 Å². The Morgan fingerprint density at radius 3 is 3.24 bits per heavy atom. The summed E-state index contributed by atoms with van der Waals surface area (Å²) in [5.41, 5.74) is 1.06. The van der Waals surface area contributed by atoms with E-state index in [2.05, 4.69) is 20.4 Å². The fourth-order valence-electron chi connectivity index (χ4n) is 1.53. The molecule has 88 valence electrons. The van der Waals surface area contributed by atoms with Gasteiger partial charge in [0, 0.05) is 19.5 Å². The van der Waals surface area contributed by atoms with Crippen molar-refractivity contribution >= 4 is 17.8 Å². The minimum atomic E-state index is -0.219. The molecule has 0 spiro atoms. The minimum Gasteiger partial charge on any atom is -0.343 e. The van der Waals surface area contributed by atoms with Gasteiger partial charge >= 0.3 is 0 Å². The van der Waals surface area contributed by atoms with Gasteiger partial charge in [0.25, 0.3) is 5.91 Å². The molecule has 6 nitrogen and oxygen atoms in total. The van der Waals surface area contributed by atoms with Crippen LogP contribution in [-0.4, -0.2) is 39.8 Å². The van der Waals surface area contributed by atoms with Crippen LogP contribution in [0.3, 0.4) is 0 Å². The van der Waals surface area contributed by atoms with Crippen molar-refractivity contribution in [3.8, 4) is 0 Å². The molecule has 2 aromatic heterocycles. The Balaban J connectivity index is 2.25. The highest BCUT2D eigenvalue weighted by molar-refractivity contribution is 5.94. The lowest BCUT2D eigenvalue weighted by molar-refractivity contribution is 0.0942. The lowest BCUT2D eigenvalue weighted by Gasteiger charge is -2.07. The summed E-state index contributed by atoms with van der Waals surface area (Å²) in [4.78, 5) is 19.9. The van der Waals surface area contributed by atoms with Crippen LogP contribution in [0.1, 0.15) is 17.4 Å². The van der Waals surface area contributed by atoms with Crippen LogP contribution in [0.25, 0.3) is 5.65 Å². The van der Waals surface area contributed by atoms with E-state index < -0.39 is 0 Å². The number of hydrogen-bond acceptors (Lipinski definition) is 4. The molecule has 1 N–H and O–H groups in total. The summed E-state index contributed by atoms with van der Waals surface area (Å²) in [5, 5.41) is 6.86. The molecular formula is C11H13N5O. The summed E-state index contributed by atoms with van der Waals surface area (Å²) in [6.45, 7) is 1.85. The van der Waals surface area contributed by atoms with Crippen molar-refractivity contribution in [3.63, 3.8) is 0 Å². The molecule has 1 amide bonds. The Morgan fingerprint density at radius 2 is 2.47 bits per heavy atom. The fraction of sp³-hybridized carbons (Fsp3) is 0.273. The maximum Gasteiger partial charge on any atom is 0.272 e. The Hall–Kier alpha value is -2.24. The molecule has 0 radical (unpaired) electrons. The third-order valence-electron chi connectivity index (χ3n) is 2.24. The number of aliphatic imine (C=N–C) groups is 1. The molecule has 0 aliphatic rings. The molecule has 0 aliphatic heterocycles. The molecule has 0 bridgehead atoms. The first-order chi connectivity index (χ1) is 8.22. The largest absolute Gasteiger partial charge is 0.343 e. The third kappa shape index (κ3) is 2.30. The van der Waals surface area contributed by atoms with Gasteiger partial charge < -0.3 is 5.32 Å². The van der Waals surface area contributed by atoms with Gasteiger partial charge in [-0.15, -0.1) is 0 Å². The molecule has 2 heterocycles. The molecule has 0 fully saturated rings. The highest BCUT2D eigenvalue weighted by Gasteiger charge is 2.13. The number of imidazole rings is 1. The van der Waals surface area contributed by atoms with E-state index in [0.717, 1.165) is 0 Å². The van der Waals surface area contributed by atoms with E-state index >= 15 is 0 Å². The van der Waals surface area contributed by atoms with Gasteiger partial charge in [0.2, 0.25) is 0 Å². The van der Waals surface area contributed by atoms with E-state index in [1.54, 1.807) is 31.6 Å². The summed E-state index contributed by atoms with van der Waals surface area (Å²) >= 11 is 0. The van der Waals surface area contributed by atoms with Crippen molar-refractivity contribution in [2.45, 2.75) is 13.0 Å². The lowest BCUT2D eigenvalue weighted by atomic mass is 10.3. The van der Waals surface area contributed by atoms with E-state index in [1.165, 1.54) is 10.7 Å². The van der Waals surface area contributed by atoms with Gasteiger partial charge in [0.05, 0.1) is 12.2 Å². The number of rotatable bonds is 3. The summed E-state index contributed by atoms with van der Waals surface area (Å²) < 4.78 is 1.51. The molecule has 6 heteroatoms. The van der Waals surface area contributed by atoms with Gasteiger partial charge in [0.15, 0.2) is 5.65 Å². The number of carbonyl (C=O) groups is 1. The van der Waals surface area contributed by atoms with Gasteiger partial charge in [0.1, 0.15) is 5.69 Å². The van der Waals surface area contributed by atoms with E-state index in [4.69, 9.17) is 0 Å². The second-order valence-corrected chi connectivity index (χ2v) is 3.61. The topological polar surface area (TPSA) is 71.7 Å². The first-order valence-electron chi connectivity index (χ1n) is 5.24. The molecule has 0 aromatic carbocycles. The summed E-state index contributed by atoms with van der Waals surface area (Å²) in [6.07, 6.45) is 4.78. The molecule has 0 aliphatic carbocycles. The normalized spacial score (nSPS) is 13.1. The van der Waals surface area contributed by atoms with Crippen molar-refractivity contribution in [2.75, 3.05) is 7.05 Å². The third-order valence-corrected chi connectivity index (χ3v) is 2.24. The molecule has 0 saturated heterocycles. The lowest BCUT2D eigenvalue weighted by Crippen LogP contribution is -2.34. The maximum absolute atomic E-state index is 11.9. The predicted molar refractivity (Wildman–Crippen MR) is 64.3 cm³/mol. The van der Waals surface area contributed by atoms with Gasteiger partial charge in [-0.05, 0) is 19.1 Å². The second kappa shape index (κ2) is 4.73. The van der Waals surface area contributed by atoms with Gasteiger partial charge in [-0.1, -0.05) is 0 Å². The van der Waals surface area contributed by atoms with E-state index in [1.807, 2.05) is 6.92 Å². The van der Waals surface area contributed by atoms with E-state index in [-0.39, 0.29) is 11.9 Å². The molecule has 1 atom stereocenters. The van der Waals surface area contributed by atoms with Crippen LogP contribution in [0.4, 0.5) is 0 Å². The van der Waals surface area contributed by atoms with Crippen molar-refractivity contribution in [3.05, 3.63) is 30.2 Å². The number of aromatic nitrogens is 3. The monoisotopic (exact) mass is 231 g/mol. The molecule has 0 saturated carbocycles. The summed E-state index contributed by atoms with van der Waals surface area (Å²) in [5.74, 6) is -0.219. The number of nitrogens with one attached hydrogen (secondary N) is 1. The molecule has 2 rings (SSSR count). The molecule has 1 unspecified atom stereocenters. The van der Waals surface area contributed by atoms with Crippen LogP contribution >= 0.6 is 0 Å². The Morgan fingerprint density at radius 1 is 1.65 bits per heavy atom. The number of hydrogen-bond donors (Lipinski definition) is 1. The number of amides is 1. The van der Waals surface area contributed by atoms with E-state index in [9.17, 15) is 4.79 Å². The first-order valence-corrected chi connectivity index (χ1v) is 5.24. The average molecular weight is 231 g/mol. The number of fused-ring (bicyclic) bond motifs is 1. The SMILES string of the molecule is CN=CC(C)NC(=O)c1cnc2cccnn12. The Bertz CT molecular complexity index is 560. The highest BCUT2D eigenvalue weighted by atomic mass is 16.2. The van der Waals surface area contributed by atoms with Gasteiger partial charge in [-0.25, -0.2) is 9.50 Å². The zero-order valence-electron chi connectivity index (χ0n) is 9.66. The predicted octanol–water partition coefficient (Wildman–Crippen LogP) is 0.548. The van der Waals surface area contributed by atoms with E-state index in [0.29, 0.717) is 11.3 Å². The Labute approximate surface area is 98.4 Å². The van der Waals surface area contributed by atoms with Crippen LogP contribution in [0.5, 0.6) is 0 Å². The summed E-state index contributed by atoms with van der Waals surface area (Å²) in [6, 6.07) is 3.44. The van der Waals surface area contributed by atoms with Gasteiger partial charge in [-0.3, -0.25) is 9.79 Å². The van der Waals surface area contributed by atoms with Crippen molar-refractivity contribution in [1.82, 2.24) is 19.9 Å². The van der Waals surface area contributed by atoms with Crippen LogP contribution in [0.2, 0.25) is 0 Å². The standard InChI is InChI=1S/C11H13N5O/c1-8(6-12-2)15-11(17)9-7-13-10-4-3-5-14-16(9)10/h3-8H,1-2H3,(H,15,17). The molecular weight excluding hydrogens is 218 g/mol. The van der Waals surface area contributed by atoms with Crippen molar-refractivity contribution < 1.29 is 4.79 Å². The fourth-order valence-corrected chi connectivity index (χ4v) is 1.53. The summed E-state index contributed by atoms with van der Waals surface area (Å²) in [7, 11) is 1.67. The first kappa shape index (κ1) is 11.3. The smallest absolute Gasteiger partial charge is 0.272 e. The quantitative estimate of drug-likeness (QED) is 0.784.